The zero-order valence-corrected chi connectivity index (χ0v) is 10.8. The van der Waals surface area contributed by atoms with Gasteiger partial charge in [-0.1, -0.05) is 23.2 Å². The molecule has 0 spiro atoms. The van der Waals surface area contributed by atoms with Crippen molar-refractivity contribution in [1.29, 1.82) is 5.26 Å². The summed E-state index contributed by atoms with van der Waals surface area (Å²) in [5, 5.41) is 9.67. The fraction of sp³-hybridized carbons (Fsp3) is 0.0769. The van der Waals surface area contributed by atoms with Crippen molar-refractivity contribution < 1.29 is 0 Å². The summed E-state index contributed by atoms with van der Waals surface area (Å²) in [6.45, 7) is 0. The summed E-state index contributed by atoms with van der Waals surface area (Å²) >= 11 is 11.9. The molecule has 2 N–H and O–H groups in total. The molecule has 1 heterocycles. The van der Waals surface area contributed by atoms with Crippen LogP contribution in [0.1, 0.15) is 5.56 Å². The van der Waals surface area contributed by atoms with E-state index in [1.165, 1.54) is 0 Å². The Labute approximate surface area is 115 Å². The van der Waals surface area contributed by atoms with Gasteiger partial charge >= 0.3 is 0 Å². The van der Waals surface area contributed by atoms with Crippen LogP contribution in [0.2, 0.25) is 10.0 Å². The lowest BCUT2D eigenvalue weighted by Crippen LogP contribution is -1.96. The van der Waals surface area contributed by atoms with Crippen LogP contribution >= 0.6 is 23.2 Å². The van der Waals surface area contributed by atoms with Gasteiger partial charge in [0, 0.05) is 21.8 Å². The van der Waals surface area contributed by atoms with Gasteiger partial charge in [-0.15, -0.1) is 0 Å². The highest BCUT2D eigenvalue weighted by molar-refractivity contribution is 6.35. The molecule has 0 bridgehead atoms. The van der Waals surface area contributed by atoms with E-state index >= 15 is 0 Å². The average Bonchev–Trinajstić information content (AvgIpc) is 2.28. The number of nitrogen functional groups attached to an aromatic ring is 1. The van der Waals surface area contributed by atoms with Crippen molar-refractivity contribution in [2.45, 2.75) is 6.42 Å². The maximum absolute atomic E-state index is 8.62. The largest absolute Gasteiger partial charge is 0.397 e. The zero-order valence-electron chi connectivity index (χ0n) is 9.32. The van der Waals surface area contributed by atoms with Gasteiger partial charge in [0.25, 0.3) is 0 Å². The number of anilines is 1. The Morgan fingerprint density at radius 3 is 2.39 bits per heavy atom. The maximum Gasteiger partial charge on any atom is 0.0932 e. The molecule has 0 aliphatic carbocycles. The first-order valence-corrected chi connectivity index (χ1v) is 5.93. The van der Waals surface area contributed by atoms with E-state index in [4.69, 9.17) is 34.2 Å². The lowest BCUT2D eigenvalue weighted by atomic mass is 10.1. The number of pyridine rings is 1. The Bertz CT molecular complexity index is 612. The molecule has 0 radical (unpaired) electrons. The molecule has 0 aliphatic rings. The minimum atomic E-state index is 0.285. The number of aromatic nitrogens is 1. The van der Waals surface area contributed by atoms with Crippen LogP contribution in [-0.2, 0) is 6.42 Å². The van der Waals surface area contributed by atoms with Crippen LogP contribution in [0, 0.1) is 11.3 Å². The first-order valence-electron chi connectivity index (χ1n) is 5.18. The van der Waals surface area contributed by atoms with E-state index < -0.39 is 0 Å². The molecule has 1 aromatic heterocycles. The molecule has 0 saturated heterocycles. The lowest BCUT2D eigenvalue weighted by Gasteiger charge is -2.07. The highest BCUT2D eigenvalue weighted by Crippen LogP contribution is 2.29. The third kappa shape index (κ3) is 2.73. The Morgan fingerprint density at radius 2 is 1.83 bits per heavy atom. The topological polar surface area (TPSA) is 62.7 Å². The predicted octanol–water partition coefficient (Wildman–Crippen LogP) is 3.70. The molecule has 2 rings (SSSR count). The SMILES string of the molecule is N#CCc1cnc(-c2cc(Cl)cc(Cl)c2)c(N)c1. The first kappa shape index (κ1) is 12.7. The second-order valence-electron chi connectivity index (χ2n) is 3.77. The number of hydrogen-bond acceptors (Lipinski definition) is 3. The minimum Gasteiger partial charge on any atom is -0.397 e. The molecule has 0 saturated carbocycles. The van der Waals surface area contributed by atoms with E-state index in [9.17, 15) is 0 Å². The van der Waals surface area contributed by atoms with Crippen molar-refractivity contribution in [3.05, 3.63) is 46.1 Å². The number of hydrogen-bond donors (Lipinski definition) is 1. The maximum atomic E-state index is 8.62. The molecule has 18 heavy (non-hydrogen) atoms. The van der Waals surface area contributed by atoms with Crippen LogP contribution in [0.15, 0.2) is 30.5 Å². The van der Waals surface area contributed by atoms with Crippen LogP contribution in [0.5, 0.6) is 0 Å². The van der Waals surface area contributed by atoms with Gasteiger partial charge in [-0.3, -0.25) is 4.98 Å². The van der Waals surface area contributed by atoms with E-state index in [-0.39, 0.29) is 6.42 Å². The number of rotatable bonds is 2. The van der Waals surface area contributed by atoms with Gasteiger partial charge < -0.3 is 5.73 Å². The second kappa shape index (κ2) is 5.26. The number of nitrogens with zero attached hydrogens (tertiary/aromatic N) is 2. The van der Waals surface area contributed by atoms with Crippen molar-refractivity contribution in [1.82, 2.24) is 4.98 Å². The molecule has 90 valence electrons. The van der Waals surface area contributed by atoms with Gasteiger partial charge in [0.15, 0.2) is 0 Å². The summed E-state index contributed by atoms with van der Waals surface area (Å²) in [5.74, 6) is 0. The van der Waals surface area contributed by atoms with E-state index in [0.29, 0.717) is 21.4 Å². The van der Waals surface area contributed by atoms with Gasteiger partial charge in [-0.05, 0) is 29.8 Å². The summed E-state index contributed by atoms with van der Waals surface area (Å²) in [6, 6.07) is 8.93. The van der Waals surface area contributed by atoms with Crippen molar-refractivity contribution >= 4 is 28.9 Å². The average molecular weight is 278 g/mol. The van der Waals surface area contributed by atoms with Crippen LogP contribution in [-0.4, -0.2) is 4.98 Å². The van der Waals surface area contributed by atoms with Crippen LogP contribution in [0.3, 0.4) is 0 Å². The Kier molecular flexibility index (Phi) is 3.71. The number of benzene rings is 1. The van der Waals surface area contributed by atoms with E-state index in [1.807, 2.05) is 0 Å². The molecule has 0 unspecified atom stereocenters. The molecule has 0 amide bonds. The standard InChI is InChI=1S/C13H9Cl2N3/c14-10-4-9(5-11(15)6-10)13-12(17)3-8(1-2-16)7-18-13/h3-7H,1,17H2. The number of nitriles is 1. The normalized spacial score (nSPS) is 10.1. The molecule has 1 aromatic carbocycles. The van der Waals surface area contributed by atoms with Crippen molar-refractivity contribution in [2.24, 2.45) is 0 Å². The Hall–Kier alpha value is -1.76. The molecule has 0 atom stereocenters. The van der Waals surface area contributed by atoms with Gasteiger partial charge in [0.1, 0.15) is 0 Å². The molecule has 5 heteroatoms. The van der Waals surface area contributed by atoms with Gasteiger partial charge in [0.2, 0.25) is 0 Å². The summed E-state index contributed by atoms with van der Waals surface area (Å²) in [4.78, 5) is 4.26. The van der Waals surface area contributed by atoms with Gasteiger partial charge in [-0.2, -0.15) is 5.26 Å². The zero-order chi connectivity index (χ0) is 13.1. The van der Waals surface area contributed by atoms with Crippen LogP contribution in [0.25, 0.3) is 11.3 Å². The fourth-order valence-electron chi connectivity index (χ4n) is 1.65. The van der Waals surface area contributed by atoms with Crippen molar-refractivity contribution in [3.63, 3.8) is 0 Å². The molecular formula is C13H9Cl2N3. The van der Waals surface area contributed by atoms with E-state index in [0.717, 1.165) is 11.1 Å². The van der Waals surface area contributed by atoms with Crippen LogP contribution < -0.4 is 5.73 Å². The van der Waals surface area contributed by atoms with Crippen molar-refractivity contribution in [3.8, 4) is 17.3 Å². The monoisotopic (exact) mass is 277 g/mol. The summed E-state index contributed by atoms with van der Waals surface area (Å²) in [7, 11) is 0. The predicted molar refractivity (Wildman–Crippen MR) is 73.4 cm³/mol. The Balaban J connectivity index is 2.48. The quantitative estimate of drug-likeness (QED) is 0.910. The molecule has 0 aliphatic heterocycles. The molecule has 2 aromatic rings. The smallest absolute Gasteiger partial charge is 0.0932 e. The number of halogens is 2. The Morgan fingerprint density at radius 1 is 1.17 bits per heavy atom. The lowest BCUT2D eigenvalue weighted by molar-refractivity contribution is 1.20. The second-order valence-corrected chi connectivity index (χ2v) is 4.65. The fourth-order valence-corrected chi connectivity index (χ4v) is 2.17. The third-order valence-corrected chi connectivity index (χ3v) is 2.83. The summed E-state index contributed by atoms with van der Waals surface area (Å²) < 4.78 is 0. The summed E-state index contributed by atoms with van der Waals surface area (Å²) in [5.41, 5.74) is 8.58. The van der Waals surface area contributed by atoms with E-state index in [2.05, 4.69) is 11.1 Å². The molecular weight excluding hydrogens is 269 g/mol. The third-order valence-electron chi connectivity index (χ3n) is 2.39. The summed E-state index contributed by atoms with van der Waals surface area (Å²) in [6.07, 6.45) is 1.91. The van der Waals surface area contributed by atoms with Gasteiger partial charge in [-0.25, -0.2) is 0 Å². The minimum absolute atomic E-state index is 0.285. The first-order chi connectivity index (χ1) is 8.60. The molecule has 3 nitrogen and oxygen atoms in total. The highest BCUT2D eigenvalue weighted by atomic mass is 35.5. The van der Waals surface area contributed by atoms with Crippen LogP contribution in [0.4, 0.5) is 5.69 Å². The van der Waals surface area contributed by atoms with E-state index in [1.54, 1.807) is 30.5 Å². The highest BCUT2D eigenvalue weighted by Gasteiger charge is 2.07. The number of nitrogens with two attached hydrogens (primary N) is 1. The van der Waals surface area contributed by atoms with Gasteiger partial charge in [0.05, 0.1) is 23.9 Å². The van der Waals surface area contributed by atoms with Crippen molar-refractivity contribution in [2.75, 3.05) is 5.73 Å². The molecule has 0 fully saturated rings.